The van der Waals surface area contributed by atoms with Crippen LogP contribution in [0.1, 0.15) is 5.56 Å². The predicted molar refractivity (Wildman–Crippen MR) is 88.5 cm³/mol. The number of anilines is 1. The highest BCUT2D eigenvalue weighted by atomic mass is 32.2. The van der Waals surface area contributed by atoms with E-state index in [1.807, 2.05) is 12.1 Å². The van der Waals surface area contributed by atoms with Gasteiger partial charge < -0.3 is 10.1 Å². The molecule has 2 rings (SSSR count). The smallest absolute Gasteiger partial charge is 0.248 e. The molecule has 120 valence electrons. The number of benzene rings is 2. The van der Waals surface area contributed by atoms with Crippen LogP contribution in [0, 0.1) is 0 Å². The fourth-order valence-corrected chi connectivity index (χ4v) is 2.38. The lowest BCUT2D eigenvalue weighted by Crippen LogP contribution is -2.13. The number of rotatable bonds is 5. The lowest BCUT2D eigenvalue weighted by molar-refractivity contribution is -0.111. The molecule has 6 nitrogen and oxygen atoms in total. The zero-order chi connectivity index (χ0) is 16.9. The standard InChI is InChI=1S/C16H16N2O4S/c1-22-14-8-5-12(6-9-14)7-10-16(19)18-13-3-2-4-15(11-13)23(17,20)21/h2-11H,1H3,(H,18,19)(H2,17,20,21)/b10-7+. The van der Waals surface area contributed by atoms with Crippen molar-refractivity contribution in [1.29, 1.82) is 0 Å². The van der Waals surface area contributed by atoms with Gasteiger partial charge in [0.05, 0.1) is 12.0 Å². The molecule has 0 unspecified atom stereocenters. The number of hydrogen-bond acceptors (Lipinski definition) is 4. The van der Waals surface area contributed by atoms with Crippen molar-refractivity contribution in [3.05, 3.63) is 60.2 Å². The molecule has 2 aromatic carbocycles. The van der Waals surface area contributed by atoms with Crippen molar-refractivity contribution in [1.82, 2.24) is 0 Å². The van der Waals surface area contributed by atoms with Crippen LogP contribution in [-0.4, -0.2) is 21.4 Å². The Balaban J connectivity index is 2.05. The number of carbonyl (C=O) groups excluding carboxylic acids is 1. The van der Waals surface area contributed by atoms with Crippen LogP contribution < -0.4 is 15.2 Å². The normalized spacial score (nSPS) is 11.4. The lowest BCUT2D eigenvalue weighted by Gasteiger charge is -2.04. The number of nitrogens with two attached hydrogens (primary N) is 1. The highest BCUT2D eigenvalue weighted by molar-refractivity contribution is 7.89. The molecule has 0 spiro atoms. The van der Waals surface area contributed by atoms with Crippen molar-refractivity contribution in [3.8, 4) is 5.75 Å². The van der Waals surface area contributed by atoms with Crippen LogP contribution in [-0.2, 0) is 14.8 Å². The average Bonchev–Trinajstić information content (AvgIpc) is 2.53. The summed E-state index contributed by atoms with van der Waals surface area (Å²) in [4.78, 5) is 11.8. The first-order chi connectivity index (χ1) is 10.9. The van der Waals surface area contributed by atoms with Crippen molar-refractivity contribution >= 4 is 27.7 Å². The van der Waals surface area contributed by atoms with Crippen LogP contribution in [0.25, 0.3) is 6.08 Å². The summed E-state index contributed by atoms with van der Waals surface area (Å²) in [6.07, 6.45) is 2.99. The summed E-state index contributed by atoms with van der Waals surface area (Å²) >= 11 is 0. The second-order valence-electron chi connectivity index (χ2n) is 4.67. The molecule has 0 atom stereocenters. The second-order valence-corrected chi connectivity index (χ2v) is 6.23. The van der Waals surface area contributed by atoms with E-state index in [9.17, 15) is 13.2 Å². The molecule has 0 aliphatic heterocycles. The van der Waals surface area contributed by atoms with E-state index < -0.39 is 10.0 Å². The third-order valence-electron chi connectivity index (χ3n) is 2.97. The van der Waals surface area contributed by atoms with E-state index in [0.29, 0.717) is 5.69 Å². The third-order valence-corrected chi connectivity index (χ3v) is 3.88. The number of hydrogen-bond donors (Lipinski definition) is 2. The Morgan fingerprint density at radius 1 is 1.17 bits per heavy atom. The van der Waals surface area contributed by atoms with Crippen molar-refractivity contribution in [3.63, 3.8) is 0 Å². The molecular formula is C16H16N2O4S. The van der Waals surface area contributed by atoms with Gasteiger partial charge in [-0.15, -0.1) is 0 Å². The number of amides is 1. The SMILES string of the molecule is COc1ccc(/C=C/C(=O)Nc2cccc(S(N)(=O)=O)c2)cc1. The molecule has 2 aromatic rings. The molecule has 23 heavy (non-hydrogen) atoms. The molecule has 0 aromatic heterocycles. The predicted octanol–water partition coefficient (Wildman–Crippen LogP) is 1.99. The number of primary sulfonamides is 1. The molecular weight excluding hydrogens is 316 g/mol. The van der Waals surface area contributed by atoms with Crippen LogP contribution in [0.15, 0.2) is 59.5 Å². The number of nitrogens with one attached hydrogen (secondary N) is 1. The summed E-state index contributed by atoms with van der Waals surface area (Å²) < 4.78 is 27.6. The van der Waals surface area contributed by atoms with Crippen LogP contribution in [0.3, 0.4) is 0 Å². The summed E-state index contributed by atoms with van der Waals surface area (Å²) in [7, 11) is -2.23. The first-order valence-electron chi connectivity index (χ1n) is 6.64. The highest BCUT2D eigenvalue weighted by Gasteiger charge is 2.08. The Morgan fingerprint density at radius 2 is 1.87 bits per heavy atom. The summed E-state index contributed by atoms with van der Waals surface area (Å²) in [5, 5.41) is 7.63. The highest BCUT2D eigenvalue weighted by Crippen LogP contribution is 2.15. The minimum Gasteiger partial charge on any atom is -0.497 e. The molecule has 0 aliphatic rings. The maximum absolute atomic E-state index is 11.9. The molecule has 0 heterocycles. The first-order valence-corrected chi connectivity index (χ1v) is 8.19. The summed E-state index contributed by atoms with van der Waals surface area (Å²) in [5.41, 5.74) is 1.18. The van der Waals surface area contributed by atoms with E-state index in [0.717, 1.165) is 11.3 Å². The fourth-order valence-electron chi connectivity index (χ4n) is 1.82. The molecule has 3 N–H and O–H groups in total. The number of methoxy groups -OCH3 is 1. The van der Waals surface area contributed by atoms with Gasteiger partial charge in [0.1, 0.15) is 5.75 Å². The Kier molecular flexibility index (Phi) is 5.15. The van der Waals surface area contributed by atoms with Gasteiger partial charge in [-0.2, -0.15) is 0 Å². The van der Waals surface area contributed by atoms with E-state index in [1.165, 1.54) is 24.3 Å². The number of sulfonamides is 1. The van der Waals surface area contributed by atoms with Crippen LogP contribution in [0.2, 0.25) is 0 Å². The molecule has 1 amide bonds. The van der Waals surface area contributed by atoms with Gasteiger partial charge in [0, 0.05) is 11.8 Å². The fraction of sp³-hybridized carbons (Fsp3) is 0.0625. The van der Waals surface area contributed by atoms with E-state index in [2.05, 4.69) is 5.32 Å². The van der Waals surface area contributed by atoms with Crippen molar-refractivity contribution in [2.75, 3.05) is 12.4 Å². The van der Waals surface area contributed by atoms with Gasteiger partial charge in [-0.3, -0.25) is 4.79 Å². The maximum Gasteiger partial charge on any atom is 0.248 e. The van der Waals surface area contributed by atoms with Gasteiger partial charge >= 0.3 is 0 Å². The van der Waals surface area contributed by atoms with Gasteiger partial charge in [0.25, 0.3) is 0 Å². The zero-order valence-corrected chi connectivity index (χ0v) is 13.2. The van der Waals surface area contributed by atoms with Crippen molar-refractivity contribution in [2.45, 2.75) is 4.90 Å². The zero-order valence-electron chi connectivity index (χ0n) is 12.4. The van der Waals surface area contributed by atoms with Crippen molar-refractivity contribution < 1.29 is 17.9 Å². The molecule has 7 heteroatoms. The minimum absolute atomic E-state index is 0.0607. The Labute approximate surface area is 134 Å². The average molecular weight is 332 g/mol. The summed E-state index contributed by atoms with van der Waals surface area (Å²) in [5.74, 6) is 0.346. The molecule has 0 aliphatic carbocycles. The monoisotopic (exact) mass is 332 g/mol. The quantitative estimate of drug-likeness (QED) is 0.818. The largest absolute Gasteiger partial charge is 0.497 e. The van der Waals surface area contributed by atoms with Gasteiger partial charge in [-0.1, -0.05) is 18.2 Å². The van der Waals surface area contributed by atoms with Gasteiger partial charge in [0.2, 0.25) is 15.9 Å². The molecule has 0 saturated carbocycles. The van der Waals surface area contributed by atoms with Gasteiger partial charge in [0.15, 0.2) is 0 Å². The Hall–Kier alpha value is -2.64. The third kappa shape index (κ3) is 4.94. The van der Waals surface area contributed by atoms with E-state index >= 15 is 0 Å². The van der Waals surface area contributed by atoms with Crippen LogP contribution >= 0.6 is 0 Å². The van der Waals surface area contributed by atoms with E-state index in [4.69, 9.17) is 9.88 Å². The molecule has 0 radical (unpaired) electrons. The van der Waals surface area contributed by atoms with Crippen LogP contribution in [0.5, 0.6) is 5.75 Å². The van der Waals surface area contributed by atoms with Gasteiger partial charge in [-0.25, -0.2) is 13.6 Å². The topological polar surface area (TPSA) is 98.5 Å². The Morgan fingerprint density at radius 3 is 2.48 bits per heavy atom. The van der Waals surface area contributed by atoms with Gasteiger partial charge in [-0.05, 0) is 42.0 Å². The first kappa shape index (κ1) is 16.7. The maximum atomic E-state index is 11.9. The summed E-state index contributed by atoms with van der Waals surface area (Å²) in [6.45, 7) is 0. The number of ether oxygens (including phenoxy) is 1. The molecule has 0 saturated heterocycles. The minimum atomic E-state index is -3.80. The second kappa shape index (κ2) is 7.08. The van der Waals surface area contributed by atoms with E-state index in [1.54, 1.807) is 31.4 Å². The number of carbonyl (C=O) groups is 1. The molecule has 0 fully saturated rings. The van der Waals surface area contributed by atoms with E-state index in [-0.39, 0.29) is 10.8 Å². The van der Waals surface area contributed by atoms with Crippen molar-refractivity contribution in [2.24, 2.45) is 5.14 Å². The van der Waals surface area contributed by atoms with Crippen LogP contribution in [0.4, 0.5) is 5.69 Å². The molecule has 0 bridgehead atoms. The summed E-state index contributed by atoms with van der Waals surface area (Å²) in [6, 6.07) is 12.9. The Bertz CT molecular complexity index is 827. The lowest BCUT2D eigenvalue weighted by atomic mass is 10.2.